The number of ether oxygens (including phenoxy) is 1. The molecule has 1 unspecified atom stereocenters. The van der Waals surface area contributed by atoms with Gasteiger partial charge in [0.05, 0.1) is 19.0 Å². The predicted octanol–water partition coefficient (Wildman–Crippen LogP) is 1.61. The molecule has 0 amide bonds. The van der Waals surface area contributed by atoms with E-state index in [0.29, 0.717) is 13.2 Å². The van der Waals surface area contributed by atoms with Gasteiger partial charge in [-0.25, -0.2) is 0 Å². The molecule has 1 aromatic heterocycles. The third kappa shape index (κ3) is 4.70. The summed E-state index contributed by atoms with van der Waals surface area (Å²) in [5, 5.41) is 8.89. The normalized spacial score (nSPS) is 13.1. The Balaban J connectivity index is 1.96. The first-order valence-corrected chi connectivity index (χ1v) is 4.57. The minimum Gasteiger partial charge on any atom is -0.469 e. The van der Waals surface area contributed by atoms with E-state index in [1.54, 1.807) is 13.2 Å². The molecule has 1 aromatic rings. The van der Waals surface area contributed by atoms with E-state index in [1.807, 2.05) is 12.1 Å². The Bertz CT molecular complexity index is 204. The molecule has 0 aliphatic rings. The second-order valence-corrected chi connectivity index (χ2v) is 3.11. The van der Waals surface area contributed by atoms with Gasteiger partial charge in [-0.3, -0.25) is 0 Å². The molecule has 1 N–H and O–H groups in total. The first-order valence-electron chi connectivity index (χ1n) is 4.57. The molecule has 74 valence electrons. The van der Waals surface area contributed by atoms with E-state index in [4.69, 9.17) is 14.3 Å². The molecule has 0 aromatic carbocycles. The fourth-order valence-electron chi connectivity index (χ4n) is 1.06. The maximum atomic E-state index is 8.89. The van der Waals surface area contributed by atoms with Crippen molar-refractivity contribution in [3.05, 3.63) is 24.2 Å². The van der Waals surface area contributed by atoms with Gasteiger partial charge >= 0.3 is 0 Å². The quantitative estimate of drug-likeness (QED) is 0.683. The highest BCUT2D eigenvalue weighted by Crippen LogP contribution is 2.03. The third-order valence-electron chi connectivity index (χ3n) is 1.65. The fraction of sp³-hybridized carbons (Fsp3) is 0.600. The summed E-state index contributed by atoms with van der Waals surface area (Å²) in [6, 6.07) is 3.83. The van der Waals surface area contributed by atoms with Crippen LogP contribution < -0.4 is 0 Å². The molecular weight excluding hydrogens is 168 g/mol. The van der Waals surface area contributed by atoms with E-state index < -0.39 is 0 Å². The number of rotatable bonds is 6. The molecule has 0 bridgehead atoms. The zero-order valence-corrected chi connectivity index (χ0v) is 7.90. The lowest BCUT2D eigenvalue weighted by molar-refractivity contribution is 0.0450. The molecule has 0 saturated heterocycles. The van der Waals surface area contributed by atoms with Crippen molar-refractivity contribution in [2.75, 3.05) is 13.2 Å². The van der Waals surface area contributed by atoms with Crippen molar-refractivity contribution in [2.45, 2.75) is 25.9 Å². The molecule has 1 heterocycles. The first kappa shape index (κ1) is 10.3. The summed E-state index contributed by atoms with van der Waals surface area (Å²) < 4.78 is 10.4. The average Bonchev–Trinajstić information content (AvgIpc) is 2.55. The van der Waals surface area contributed by atoms with Gasteiger partial charge in [0.2, 0.25) is 0 Å². The van der Waals surface area contributed by atoms with Gasteiger partial charge < -0.3 is 14.3 Å². The standard InChI is InChI=1S/C10H16O3/c1-9(11)8-12-6-2-4-10-5-3-7-13-10/h3,5,7,9,11H,2,4,6,8H2,1H3. The second-order valence-electron chi connectivity index (χ2n) is 3.11. The van der Waals surface area contributed by atoms with Crippen molar-refractivity contribution in [2.24, 2.45) is 0 Å². The molecule has 0 radical (unpaired) electrons. The zero-order chi connectivity index (χ0) is 9.52. The smallest absolute Gasteiger partial charge is 0.103 e. The van der Waals surface area contributed by atoms with E-state index >= 15 is 0 Å². The first-order chi connectivity index (χ1) is 6.29. The maximum absolute atomic E-state index is 8.89. The van der Waals surface area contributed by atoms with Crippen molar-refractivity contribution in [1.82, 2.24) is 0 Å². The van der Waals surface area contributed by atoms with E-state index in [9.17, 15) is 0 Å². The van der Waals surface area contributed by atoms with Crippen LogP contribution in [0.15, 0.2) is 22.8 Å². The van der Waals surface area contributed by atoms with Gasteiger partial charge in [-0.05, 0) is 25.5 Å². The number of aryl methyl sites for hydroxylation is 1. The molecule has 13 heavy (non-hydrogen) atoms. The molecule has 0 aliphatic heterocycles. The Morgan fingerprint density at radius 2 is 2.46 bits per heavy atom. The van der Waals surface area contributed by atoms with Crippen molar-refractivity contribution in [3.63, 3.8) is 0 Å². The number of hydrogen-bond acceptors (Lipinski definition) is 3. The summed E-state index contributed by atoms with van der Waals surface area (Å²) in [7, 11) is 0. The number of hydrogen-bond donors (Lipinski definition) is 1. The molecule has 0 spiro atoms. The van der Waals surface area contributed by atoms with Crippen LogP contribution in [-0.4, -0.2) is 24.4 Å². The number of aliphatic hydroxyl groups excluding tert-OH is 1. The lowest BCUT2D eigenvalue weighted by Gasteiger charge is -2.04. The van der Waals surface area contributed by atoms with Gasteiger partial charge in [-0.2, -0.15) is 0 Å². The van der Waals surface area contributed by atoms with Gasteiger partial charge in [0, 0.05) is 13.0 Å². The van der Waals surface area contributed by atoms with Crippen LogP contribution in [0.4, 0.5) is 0 Å². The highest BCUT2D eigenvalue weighted by Gasteiger charge is 1.97. The van der Waals surface area contributed by atoms with Crippen molar-refractivity contribution < 1.29 is 14.3 Å². The van der Waals surface area contributed by atoms with Gasteiger partial charge in [-0.1, -0.05) is 0 Å². The zero-order valence-electron chi connectivity index (χ0n) is 7.90. The summed E-state index contributed by atoms with van der Waals surface area (Å²) in [5.41, 5.74) is 0. The van der Waals surface area contributed by atoms with E-state index in [2.05, 4.69) is 0 Å². The van der Waals surface area contributed by atoms with Crippen LogP contribution in [0.25, 0.3) is 0 Å². The van der Waals surface area contributed by atoms with Gasteiger partial charge in [0.1, 0.15) is 5.76 Å². The SMILES string of the molecule is CC(O)COCCCc1ccco1. The van der Waals surface area contributed by atoms with Crippen LogP contribution in [0.5, 0.6) is 0 Å². The van der Waals surface area contributed by atoms with E-state index in [-0.39, 0.29) is 6.10 Å². The summed E-state index contributed by atoms with van der Waals surface area (Å²) in [4.78, 5) is 0. The summed E-state index contributed by atoms with van der Waals surface area (Å²) in [5.74, 6) is 0.987. The summed E-state index contributed by atoms with van der Waals surface area (Å²) >= 11 is 0. The molecule has 0 fully saturated rings. The maximum Gasteiger partial charge on any atom is 0.103 e. The predicted molar refractivity (Wildman–Crippen MR) is 49.5 cm³/mol. The Hall–Kier alpha value is -0.800. The Morgan fingerprint density at radius 1 is 1.62 bits per heavy atom. The molecule has 1 atom stereocenters. The van der Waals surface area contributed by atoms with Crippen LogP contribution in [-0.2, 0) is 11.2 Å². The molecule has 3 nitrogen and oxygen atoms in total. The number of furan rings is 1. The minimum atomic E-state index is -0.372. The van der Waals surface area contributed by atoms with Crippen molar-refractivity contribution in [1.29, 1.82) is 0 Å². The average molecular weight is 184 g/mol. The number of aliphatic hydroxyl groups is 1. The topological polar surface area (TPSA) is 42.6 Å². The van der Waals surface area contributed by atoms with Gasteiger partial charge in [0.15, 0.2) is 0 Å². The fourth-order valence-corrected chi connectivity index (χ4v) is 1.06. The molecule has 3 heteroatoms. The Labute approximate surface area is 78.3 Å². The van der Waals surface area contributed by atoms with E-state index in [0.717, 1.165) is 18.6 Å². The van der Waals surface area contributed by atoms with Crippen LogP contribution in [0.3, 0.4) is 0 Å². The Kier molecular flexibility index (Phi) is 4.57. The van der Waals surface area contributed by atoms with Gasteiger partial charge in [0.25, 0.3) is 0 Å². The molecular formula is C10H16O3. The lowest BCUT2D eigenvalue weighted by Crippen LogP contribution is -2.11. The highest BCUT2D eigenvalue weighted by atomic mass is 16.5. The van der Waals surface area contributed by atoms with Crippen molar-refractivity contribution >= 4 is 0 Å². The monoisotopic (exact) mass is 184 g/mol. The van der Waals surface area contributed by atoms with Crippen LogP contribution in [0, 0.1) is 0 Å². The van der Waals surface area contributed by atoms with Crippen LogP contribution >= 0.6 is 0 Å². The van der Waals surface area contributed by atoms with Crippen molar-refractivity contribution in [3.8, 4) is 0 Å². The largest absolute Gasteiger partial charge is 0.469 e. The van der Waals surface area contributed by atoms with Crippen LogP contribution in [0.2, 0.25) is 0 Å². The lowest BCUT2D eigenvalue weighted by atomic mass is 10.2. The summed E-state index contributed by atoms with van der Waals surface area (Å²) in [6.45, 7) is 2.80. The minimum absolute atomic E-state index is 0.372. The molecule has 0 saturated carbocycles. The summed E-state index contributed by atoms with van der Waals surface area (Å²) in [6.07, 6.45) is 3.13. The van der Waals surface area contributed by atoms with Gasteiger partial charge in [-0.15, -0.1) is 0 Å². The third-order valence-corrected chi connectivity index (χ3v) is 1.65. The molecule has 1 rings (SSSR count). The second kappa shape index (κ2) is 5.78. The Morgan fingerprint density at radius 3 is 3.08 bits per heavy atom. The molecule has 0 aliphatic carbocycles. The van der Waals surface area contributed by atoms with E-state index in [1.165, 1.54) is 0 Å². The van der Waals surface area contributed by atoms with Crippen LogP contribution in [0.1, 0.15) is 19.1 Å². The highest BCUT2D eigenvalue weighted by molar-refractivity contribution is 4.97.